The molecule has 1 fully saturated rings. The smallest absolute Gasteiger partial charge is 0.262 e. The van der Waals surface area contributed by atoms with Crippen LogP contribution in [-0.4, -0.2) is 50.1 Å². The highest BCUT2D eigenvalue weighted by Crippen LogP contribution is 2.27. The number of pyridine rings is 1. The third-order valence-electron chi connectivity index (χ3n) is 5.59. The quantitative estimate of drug-likeness (QED) is 0.664. The summed E-state index contributed by atoms with van der Waals surface area (Å²) >= 11 is 0. The molecule has 2 aliphatic rings. The summed E-state index contributed by atoms with van der Waals surface area (Å²) in [6.45, 7) is 1.52. The molecule has 1 atom stereocenters. The van der Waals surface area contributed by atoms with Crippen LogP contribution in [0.4, 0.5) is 15.9 Å². The van der Waals surface area contributed by atoms with Crippen LogP contribution in [0.3, 0.4) is 0 Å². The standard InChI is InChI=1S/C21H22FN7O/c22-15-5-2-1-3-10-27(12-15)19-7-8-20(25-24-19)29-13-17-18(26-29)14-28(21(17)30)16-6-4-9-23-11-16/h4,6-9,11,13,15H,1-3,5,10,12,14H2. The largest absolute Gasteiger partial charge is 0.352 e. The van der Waals surface area contributed by atoms with Crippen molar-refractivity contribution in [3.63, 3.8) is 0 Å². The molecule has 0 radical (unpaired) electrons. The predicted octanol–water partition coefficient (Wildman–Crippen LogP) is 2.94. The minimum atomic E-state index is -0.838. The molecule has 0 saturated carbocycles. The summed E-state index contributed by atoms with van der Waals surface area (Å²) in [5.41, 5.74) is 1.99. The number of fused-ring (bicyclic) bond motifs is 1. The van der Waals surface area contributed by atoms with Gasteiger partial charge in [0.1, 0.15) is 6.17 Å². The molecule has 8 nitrogen and oxygen atoms in total. The van der Waals surface area contributed by atoms with Crippen molar-refractivity contribution in [1.82, 2.24) is 25.0 Å². The third-order valence-corrected chi connectivity index (χ3v) is 5.59. The van der Waals surface area contributed by atoms with Gasteiger partial charge in [-0.3, -0.25) is 9.78 Å². The Morgan fingerprint density at radius 3 is 2.70 bits per heavy atom. The van der Waals surface area contributed by atoms with Crippen molar-refractivity contribution in [2.45, 2.75) is 38.4 Å². The average molecular weight is 407 g/mol. The number of alkyl halides is 1. The van der Waals surface area contributed by atoms with Gasteiger partial charge in [-0.2, -0.15) is 5.10 Å². The maximum Gasteiger partial charge on any atom is 0.262 e. The molecule has 5 rings (SSSR count). The second-order valence-electron chi connectivity index (χ2n) is 7.68. The summed E-state index contributed by atoms with van der Waals surface area (Å²) in [5.74, 6) is 1.09. The van der Waals surface area contributed by atoms with E-state index < -0.39 is 6.17 Å². The van der Waals surface area contributed by atoms with Crippen LogP contribution in [0.1, 0.15) is 41.7 Å². The van der Waals surface area contributed by atoms with Crippen molar-refractivity contribution in [2.75, 3.05) is 22.9 Å². The van der Waals surface area contributed by atoms with Crippen molar-refractivity contribution in [2.24, 2.45) is 0 Å². The van der Waals surface area contributed by atoms with Gasteiger partial charge in [-0.25, -0.2) is 9.07 Å². The van der Waals surface area contributed by atoms with Crippen LogP contribution in [0.5, 0.6) is 0 Å². The van der Waals surface area contributed by atoms with Crippen molar-refractivity contribution in [3.8, 4) is 5.82 Å². The van der Waals surface area contributed by atoms with Gasteiger partial charge in [-0.05, 0) is 37.1 Å². The van der Waals surface area contributed by atoms with Gasteiger partial charge in [0.15, 0.2) is 11.6 Å². The Morgan fingerprint density at radius 2 is 1.93 bits per heavy atom. The first-order valence-corrected chi connectivity index (χ1v) is 10.2. The van der Waals surface area contributed by atoms with Gasteiger partial charge in [0.2, 0.25) is 0 Å². The topological polar surface area (TPSA) is 80.0 Å². The van der Waals surface area contributed by atoms with E-state index in [2.05, 4.69) is 20.3 Å². The second-order valence-corrected chi connectivity index (χ2v) is 7.68. The van der Waals surface area contributed by atoms with Gasteiger partial charge in [0.05, 0.1) is 36.2 Å². The molecule has 154 valence electrons. The van der Waals surface area contributed by atoms with E-state index in [1.54, 1.807) is 40.3 Å². The Labute approximate surface area is 173 Å². The fraction of sp³-hybridized carbons (Fsp3) is 0.381. The number of halogens is 1. The summed E-state index contributed by atoms with van der Waals surface area (Å²) in [4.78, 5) is 20.4. The molecule has 1 amide bonds. The number of amides is 1. The van der Waals surface area contributed by atoms with E-state index >= 15 is 0 Å². The molecular formula is C21H22FN7O. The van der Waals surface area contributed by atoms with E-state index in [1.807, 2.05) is 17.0 Å². The Morgan fingerprint density at radius 1 is 1.07 bits per heavy atom. The predicted molar refractivity (Wildman–Crippen MR) is 109 cm³/mol. The van der Waals surface area contributed by atoms with E-state index in [0.29, 0.717) is 42.4 Å². The van der Waals surface area contributed by atoms with E-state index in [0.717, 1.165) is 31.5 Å². The summed E-state index contributed by atoms with van der Waals surface area (Å²) in [7, 11) is 0. The number of carbonyl (C=O) groups excluding carboxylic acids is 1. The lowest BCUT2D eigenvalue weighted by molar-refractivity contribution is 0.0996. The molecule has 3 aromatic heterocycles. The zero-order chi connectivity index (χ0) is 20.5. The van der Waals surface area contributed by atoms with Gasteiger partial charge in [-0.15, -0.1) is 10.2 Å². The van der Waals surface area contributed by atoms with Crippen LogP contribution >= 0.6 is 0 Å². The Bertz CT molecular complexity index is 1040. The van der Waals surface area contributed by atoms with Crippen LogP contribution in [0.15, 0.2) is 42.9 Å². The average Bonchev–Trinajstić information content (AvgIpc) is 3.31. The fourth-order valence-electron chi connectivity index (χ4n) is 4.00. The van der Waals surface area contributed by atoms with Gasteiger partial charge < -0.3 is 9.80 Å². The van der Waals surface area contributed by atoms with Gasteiger partial charge in [0.25, 0.3) is 5.91 Å². The number of carbonyl (C=O) groups is 1. The molecule has 0 N–H and O–H groups in total. The summed E-state index contributed by atoms with van der Waals surface area (Å²) in [6, 6.07) is 7.29. The molecular weight excluding hydrogens is 385 g/mol. The summed E-state index contributed by atoms with van der Waals surface area (Å²) in [6.07, 6.45) is 7.79. The molecule has 1 saturated heterocycles. The maximum absolute atomic E-state index is 14.0. The fourth-order valence-corrected chi connectivity index (χ4v) is 4.00. The Hall–Kier alpha value is -3.36. The van der Waals surface area contributed by atoms with Crippen molar-refractivity contribution in [1.29, 1.82) is 0 Å². The Kier molecular flexibility index (Phi) is 4.86. The van der Waals surface area contributed by atoms with E-state index in [-0.39, 0.29) is 5.91 Å². The lowest BCUT2D eigenvalue weighted by Gasteiger charge is -2.27. The van der Waals surface area contributed by atoms with Crippen LogP contribution in [0.25, 0.3) is 5.82 Å². The summed E-state index contributed by atoms with van der Waals surface area (Å²) in [5, 5.41) is 13.1. The van der Waals surface area contributed by atoms with Gasteiger partial charge in [-0.1, -0.05) is 12.8 Å². The molecule has 9 heteroatoms. The highest BCUT2D eigenvalue weighted by Gasteiger charge is 2.32. The molecule has 0 bridgehead atoms. The first-order chi connectivity index (χ1) is 14.7. The minimum absolute atomic E-state index is 0.108. The van der Waals surface area contributed by atoms with Crippen LogP contribution < -0.4 is 9.80 Å². The molecule has 2 aliphatic heterocycles. The molecule has 0 aromatic carbocycles. The van der Waals surface area contributed by atoms with Crippen LogP contribution in [-0.2, 0) is 6.54 Å². The number of aromatic nitrogens is 5. The number of hydrogen-bond donors (Lipinski definition) is 0. The Balaban J connectivity index is 1.33. The van der Waals surface area contributed by atoms with E-state index in [4.69, 9.17) is 0 Å². The van der Waals surface area contributed by atoms with Crippen LogP contribution in [0.2, 0.25) is 0 Å². The van der Waals surface area contributed by atoms with Crippen molar-refractivity contribution >= 4 is 17.4 Å². The highest BCUT2D eigenvalue weighted by atomic mass is 19.1. The van der Waals surface area contributed by atoms with E-state index in [9.17, 15) is 9.18 Å². The molecule has 3 aromatic rings. The van der Waals surface area contributed by atoms with Crippen molar-refractivity contribution in [3.05, 3.63) is 54.1 Å². The lowest BCUT2D eigenvalue weighted by Crippen LogP contribution is -2.33. The van der Waals surface area contributed by atoms with Gasteiger partial charge >= 0.3 is 0 Å². The normalized spacial score (nSPS) is 19.5. The lowest BCUT2D eigenvalue weighted by atomic mass is 10.1. The summed E-state index contributed by atoms with van der Waals surface area (Å²) < 4.78 is 15.6. The molecule has 1 unspecified atom stereocenters. The molecule has 5 heterocycles. The number of nitrogens with zero attached hydrogens (tertiary/aromatic N) is 7. The zero-order valence-electron chi connectivity index (χ0n) is 16.5. The van der Waals surface area contributed by atoms with Crippen LogP contribution in [0, 0.1) is 0 Å². The molecule has 0 spiro atoms. The number of hydrogen-bond acceptors (Lipinski definition) is 6. The maximum atomic E-state index is 14.0. The third kappa shape index (κ3) is 3.51. The monoisotopic (exact) mass is 407 g/mol. The number of rotatable bonds is 3. The first kappa shape index (κ1) is 18.7. The second kappa shape index (κ2) is 7.81. The van der Waals surface area contributed by atoms with Crippen molar-refractivity contribution < 1.29 is 9.18 Å². The highest BCUT2D eigenvalue weighted by molar-refractivity contribution is 6.09. The zero-order valence-corrected chi connectivity index (χ0v) is 16.5. The van der Waals surface area contributed by atoms with Gasteiger partial charge in [0, 0.05) is 18.9 Å². The molecule has 0 aliphatic carbocycles. The van der Waals surface area contributed by atoms with E-state index in [1.165, 1.54) is 0 Å². The SMILES string of the molecule is O=C1c2cn(-c3ccc(N4CCCCCC(F)C4)nn3)nc2CN1c1cccnc1. The molecule has 30 heavy (non-hydrogen) atoms. The first-order valence-electron chi connectivity index (χ1n) is 10.2. The minimum Gasteiger partial charge on any atom is -0.352 e. The number of anilines is 2.